The summed E-state index contributed by atoms with van der Waals surface area (Å²) in [5.41, 5.74) is 6.34. The van der Waals surface area contributed by atoms with E-state index in [1.54, 1.807) is 18.2 Å². The molecule has 0 aliphatic carbocycles. The highest BCUT2D eigenvalue weighted by atomic mass is 32.2. The number of amides is 2. The minimum atomic E-state index is -0.432. The fraction of sp³-hybridized carbons (Fsp3) is 0.300. The summed E-state index contributed by atoms with van der Waals surface area (Å²) in [5, 5.41) is 0. The Balaban J connectivity index is 1.87. The van der Waals surface area contributed by atoms with Crippen molar-refractivity contribution in [2.24, 2.45) is 0 Å². The summed E-state index contributed by atoms with van der Waals surface area (Å²) in [7, 11) is 1.51. The smallest absolute Gasteiger partial charge is 0.269 e. The Morgan fingerprint density at radius 2 is 1.74 bits per heavy atom. The molecular formula is C20H24N2O4S. The van der Waals surface area contributed by atoms with Gasteiger partial charge in [0.1, 0.15) is 0 Å². The van der Waals surface area contributed by atoms with Crippen LogP contribution in [0, 0.1) is 6.92 Å². The van der Waals surface area contributed by atoms with Crippen molar-refractivity contribution < 1.29 is 19.1 Å². The Labute approximate surface area is 163 Å². The first-order valence-corrected chi connectivity index (χ1v) is 9.51. The van der Waals surface area contributed by atoms with Crippen LogP contribution in [0.15, 0.2) is 47.4 Å². The lowest BCUT2D eigenvalue weighted by atomic mass is 10.2. The number of thioether (sulfide) groups is 1. The van der Waals surface area contributed by atoms with Gasteiger partial charge in [0.15, 0.2) is 11.5 Å². The summed E-state index contributed by atoms with van der Waals surface area (Å²) in [6.45, 7) is 5.82. The van der Waals surface area contributed by atoms with Crippen molar-refractivity contribution in [1.29, 1.82) is 0 Å². The number of aryl methyl sites for hydroxylation is 1. The molecule has 2 aromatic carbocycles. The summed E-state index contributed by atoms with van der Waals surface area (Å²) >= 11 is 1.40. The second kappa shape index (κ2) is 9.87. The quantitative estimate of drug-likeness (QED) is 0.562. The molecule has 0 atom stereocenters. The van der Waals surface area contributed by atoms with Crippen molar-refractivity contribution in [3.8, 4) is 11.5 Å². The zero-order chi connectivity index (χ0) is 19.8. The van der Waals surface area contributed by atoms with E-state index in [1.165, 1.54) is 18.9 Å². The van der Waals surface area contributed by atoms with Crippen molar-refractivity contribution in [1.82, 2.24) is 10.9 Å². The number of methoxy groups -OCH3 is 1. The van der Waals surface area contributed by atoms with Crippen LogP contribution in [-0.2, 0) is 4.79 Å². The van der Waals surface area contributed by atoms with Crippen LogP contribution in [0.25, 0.3) is 0 Å². The lowest BCUT2D eigenvalue weighted by Gasteiger charge is -2.14. The van der Waals surface area contributed by atoms with Gasteiger partial charge in [-0.2, -0.15) is 0 Å². The Hall–Kier alpha value is -2.67. The van der Waals surface area contributed by atoms with Crippen LogP contribution in [0.5, 0.6) is 11.5 Å². The number of nitrogens with one attached hydrogen (secondary N) is 2. The van der Waals surface area contributed by atoms with E-state index >= 15 is 0 Å². The molecule has 0 aliphatic rings. The highest BCUT2D eigenvalue weighted by Gasteiger charge is 2.13. The normalized spacial score (nSPS) is 10.4. The maximum Gasteiger partial charge on any atom is 0.269 e. The summed E-state index contributed by atoms with van der Waals surface area (Å²) in [6.07, 6.45) is -0.0103. The summed E-state index contributed by atoms with van der Waals surface area (Å²) in [4.78, 5) is 25.2. The van der Waals surface area contributed by atoms with Crippen molar-refractivity contribution in [3.63, 3.8) is 0 Å². The minimum absolute atomic E-state index is 0.0103. The van der Waals surface area contributed by atoms with Gasteiger partial charge in [0, 0.05) is 10.5 Å². The van der Waals surface area contributed by atoms with Crippen molar-refractivity contribution in [2.45, 2.75) is 31.8 Å². The third-order valence-corrected chi connectivity index (χ3v) is 4.51. The third-order valence-electron chi connectivity index (χ3n) is 3.49. The van der Waals surface area contributed by atoms with Gasteiger partial charge in [0.25, 0.3) is 5.91 Å². The highest BCUT2D eigenvalue weighted by Crippen LogP contribution is 2.28. The van der Waals surface area contributed by atoms with Gasteiger partial charge in [-0.15, -0.1) is 11.8 Å². The Morgan fingerprint density at radius 1 is 1.04 bits per heavy atom. The number of carbonyl (C=O) groups excluding carboxylic acids is 2. The number of hydrazine groups is 1. The van der Waals surface area contributed by atoms with Crippen LogP contribution < -0.4 is 20.3 Å². The molecule has 2 N–H and O–H groups in total. The fourth-order valence-electron chi connectivity index (χ4n) is 2.18. The molecule has 0 aromatic heterocycles. The van der Waals surface area contributed by atoms with E-state index in [0.29, 0.717) is 17.1 Å². The van der Waals surface area contributed by atoms with Crippen LogP contribution in [0.1, 0.15) is 29.8 Å². The van der Waals surface area contributed by atoms with Crippen molar-refractivity contribution in [2.75, 3.05) is 12.9 Å². The first kappa shape index (κ1) is 20.6. The van der Waals surface area contributed by atoms with Crippen LogP contribution >= 0.6 is 11.8 Å². The molecule has 0 heterocycles. The number of benzene rings is 2. The maximum atomic E-state index is 12.2. The van der Waals surface area contributed by atoms with Gasteiger partial charge in [-0.1, -0.05) is 17.7 Å². The number of ether oxygens (including phenoxy) is 2. The zero-order valence-electron chi connectivity index (χ0n) is 15.9. The molecule has 2 aromatic rings. The topological polar surface area (TPSA) is 76.7 Å². The molecule has 27 heavy (non-hydrogen) atoms. The van der Waals surface area contributed by atoms with Gasteiger partial charge in [0.2, 0.25) is 5.91 Å². The van der Waals surface area contributed by atoms with Gasteiger partial charge in [0.05, 0.1) is 19.0 Å². The molecule has 144 valence electrons. The second-order valence-corrected chi connectivity index (χ2v) is 7.19. The molecule has 0 radical (unpaired) electrons. The average molecular weight is 388 g/mol. The fourth-order valence-corrected chi connectivity index (χ4v) is 2.88. The van der Waals surface area contributed by atoms with Crippen LogP contribution in [-0.4, -0.2) is 30.8 Å². The number of hydrogen-bond acceptors (Lipinski definition) is 5. The van der Waals surface area contributed by atoms with E-state index in [9.17, 15) is 9.59 Å². The van der Waals surface area contributed by atoms with Crippen LogP contribution in [0.3, 0.4) is 0 Å². The highest BCUT2D eigenvalue weighted by molar-refractivity contribution is 8.00. The molecule has 0 bridgehead atoms. The van der Waals surface area contributed by atoms with Crippen molar-refractivity contribution >= 4 is 23.6 Å². The van der Waals surface area contributed by atoms with E-state index in [1.807, 2.05) is 45.0 Å². The summed E-state index contributed by atoms with van der Waals surface area (Å²) in [5.74, 6) is 0.493. The molecule has 6 nitrogen and oxygen atoms in total. The molecule has 0 spiro atoms. The zero-order valence-corrected chi connectivity index (χ0v) is 16.7. The van der Waals surface area contributed by atoms with Gasteiger partial charge < -0.3 is 9.47 Å². The monoisotopic (exact) mass is 388 g/mol. The van der Waals surface area contributed by atoms with E-state index in [4.69, 9.17) is 9.47 Å². The van der Waals surface area contributed by atoms with Crippen molar-refractivity contribution in [3.05, 3.63) is 53.6 Å². The first-order chi connectivity index (χ1) is 12.9. The SMILES string of the molecule is COc1cc(C(=O)NNC(=O)CSc2ccc(C)cc2)ccc1OC(C)C. The van der Waals surface area contributed by atoms with Gasteiger partial charge in [-0.25, -0.2) is 0 Å². The van der Waals surface area contributed by atoms with Crippen LogP contribution in [0.2, 0.25) is 0 Å². The second-order valence-electron chi connectivity index (χ2n) is 6.14. The predicted octanol–water partition coefficient (Wildman–Crippen LogP) is 3.34. The lowest BCUT2D eigenvalue weighted by Crippen LogP contribution is -2.42. The minimum Gasteiger partial charge on any atom is -0.493 e. The Kier molecular flexibility index (Phi) is 7.55. The average Bonchev–Trinajstić information content (AvgIpc) is 2.65. The Morgan fingerprint density at radius 3 is 2.37 bits per heavy atom. The molecule has 0 aliphatic heterocycles. The van der Waals surface area contributed by atoms with Crippen LogP contribution in [0.4, 0.5) is 0 Å². The number of hydrogen-bond donors (Lipinski definition) is 2. The molecule has 7 heteroatoms. The van der Waals surface area contributed by atoms with Gasteiger partial charge in [-0.3, -0.25) is 20.4 Å². The molecule has 2 amide bonds. The van der Waals surface area contributed by atoms with E-state index in [-0.39, 0.29) is 17.8 Å². The molecule has 0 saturated carbocycles. The maximum absolute atomic E-state index is 12.2. The van der Waals surface area contributed by atoms with E-state index in [2.05, 4.69) is 10.9 Å². The third kappa shape index (κ3) is 6.53. The summed E-state index contributed by atoms with van der Waals surface area (Å²) < 4.78 is 10.9. The standard InChI is InChI=1S/C20H24N2O4S/c1-13(2)26-17-10-7-15(11-18(17)25-4)20(24)22-21-19(23)12-27-16-8-5-14(3)6-9-16/h5-11,13H,12H2,1-4H3,(H,21,23)(H,22,24). The molecule has 0 saturated heterocycles. The summed E-state index contributed by atoms with van der Waals surface area (Å²) in [6, 6.07) is 12.7. The van der Waals surface area contributed by atoms with E-state index in [0.717, 1.165) is 10.5 Å². The first-order valence-electron chi connectivity index (χ1n) is 8.52. The molecular weight excluding hydrogens is 364 g/mol. The largest absolute Gasteiger partial charge is 0.493 e. The predicted molar refractivity (Wildman–Crippen MR) is 106 cm³/mol. The van der Waals surface area contributed by atoms with Gasteiger partial charge in [-0.05, 0) is 51.1 Å². The lowest BCUT2D eigenvalue weighted by molar-refractivity contribution is -0.119. The number of rotatable bonds is 7. The number of carbonyl (C=O) groups is 2. The Bertz CT molecular complexity index is 791. The molecule has 0 unspecified atom stereocenters. The van der Waals surface area contributed by atoms with Gasteiger partial charge >= 0.3 is 0 Å². The van der Waals surface area contributed by atoms with E-state index < -0.39 is 5.91 Å². The molecule has 0 fully saturated rings. The molecule has 2 rings (SSSR count).